The smallest absolute Gasteiger partial charge is 0.198 e. The molecule has 20 heavy (non-hydrogen) atoms. The minimum atomic E-state index is -0.659. The molecule has 1 aliphatic carbocycles. The number of ketones is 1. The highest BCUT2D eigenvalue weighted by Crippen LogP contribution is 2.37. The molecule has 1 aromatic rings. The van der Waals surface area contributed by atoms with Crippen LogP contribution in [-0.2, 0) is 4.74 Å². The van der Waals surface area contributed by atoms with E-state index in [9.17, 15) is 4.79 Å². The molecular formula is C17H24O3. The molecule has 0 bridgehead atoms. The summed E-state index contributed by atoms with van der Waals surface area (Å²) in [5.41, 5.74) is 2.15. The molecule has 0 N–H and O–H groups in total. The number of hydrogen-bond donors (Lipinski definition) is 0. The predicted molar refractivity (Wildman–Crippen MR) is 79.6 cm³/mol. The zero-order chi connectivity index (χ0) is 14.8. The number of benzene rings is 1. The highest BCUT2D eigenvalue weighted by atomic mass is 16.5. The van der Waals surface area contributed by atoms with E-state index in [0.29, 0.717) is 11.3 Å². The van der Waals surface area contributed by atoms with Crippen LogP contribution >= 0.6 is 0 Å². The summed E-state index contributed by atoms with van der Waals surface area (Å²) in [6.45, 7) is 4.02. The van der Waals surface area contributed by atoms with Crippen LogP contribution < -0.4 is 4.74 Å². The van der Waals surface area contributed by atoms with Crippen molar-refractivity contribution >= 4 is 5.78 Å². The average Bonchev–Trinajstić information content (AvgIpc) is 2.49. The third-order valence-electron chi connectivity index (χ3n) is 4.59. The number of methoxy groups -OCH3 is 2. The second-order valence-electron chi connectivity index (χ2n) is 5.68. The highest BCUT2D eigenvalue weighted by molar-refractivity contribution is 6.05. The Balaban J connectivity index is 2.44. The van der Waals surface area contributed by atoms with Crippen LogP contribution in [0.2, 0.25) is 0 Å². The SMILES string of the molecule is COc1c(C(=O)C2(OC)CCCCC2)ccc(C)c1C. The minimum absolute atomic E-state index is 0.0691. The van der Waals surface area contributed by atoms with E-state index in [0.717, 1.165) is 36.8 Å². The first kappa shape index (κ1) is 15.0. The molecular weight excluding hydrogens is 252 g/mol. The molecule has 0 aliphatic heterocycles. The van der Waals surface area contributed by atoms with Crippen molar-refractivity contribution in [1.82, 2.24) is 0 Å². The molecule has 1 aliphatic rings. The molecule has 1 aromatic carbocycles. The van der Waals surface area contributed by atoms with Crippen LogP contribution in [0.1, 0.15) is 53.6 Å². The highest BCUT2D eigenvalue weighted by Gasteiger charge is 2.41. The van der Waals surface area contributed by atoms with Gasteiger partial charge in [-0.05, 0) is 43.9 Å². The van der Waals surface area contributed by atoms with Crippen molar-refractivity contribution in [3.05, 3.63) is 28.8 Å². The molecule has 2 rings (SSSR count). The van der Waals surface area contributed by atoms with Gasteiger partial charge in [-0.15, -0.1) is 0 Å². The Morgan fingerprint density at radius 2 is 1.75 bits per heavy atom. The lowest BCUT2D eigenvalue weighted by Crippen LogP contribution is -2.42. The fourth-order valence-corrected chi connectivity index (χ4v) is 3.12. The van der Waals surface area contributed by atoms with E-state index in [1.807, 2.05) is 26.0 Å². The summed E-state index contributed by atoms with van der Waals surface area (Å²) in [7, 11) is 3.27. The van der Waals surface area contributed by atoms with Crippen LogP contribution in [-0.4, -0.2) is 25.6 Å². The maximum atomic E-state index is 13.0. The normalized spacial score (nSPS) is 17.8. The molecule has 0 heterocycles. The van der Waals surface area contributed by atoms with Crippen molar-refractivity contribution in [2.45, 2.75) is 51.6 Å². The van der Waals surface area contributed by atoms with Crippen LogP contribution in [0.3, 0.4) is 0 Å². The molecule has 0 unspecified atom stereocenters. The van der Waals surface area contributed by atoms with Crippen LogP contribution in [0.25, 0.3) is 0 Å². The molecule has 0 amide bonds. The first-order chi connectivity index (χ1) is 9.55. The Kier molecular flexibility index (Phi) is 4.48. The summed E-state index contributed by atoms with van der Waals surface area (Å²) in [4.78, 5) is 13.0. The van der Waals surface area contributed by atoms with Crippen LogP contribution in [0, 0.1) is 13.8 Å². The van der Waals surface area contributed by atoms with Crippen molar-refractivity contribution in [1.29, 1.82) is 0 Å². The summed E-state index contributed by atoms with van der Waals surface area (Å²) >= 11 is 0. The molecule has 0 aromatic heterocycles. The molecule has 0 atom stereocenters. The summed E-state index contributed by atoms with van der Waals surface area (Å²) in [6, 6.07) is 3.86. The summed E-state index contributed by atoms with van der Waals surface area (Å²) in [5, 5.41) is 0. The third kappa shape index (κ3) is 2.47. The van der Waals surface area contributed by atoms with Crippen molar-refractivity contribution in [3.63, 3.8) is 0 Å². The quantitative estimate of drug-likeness (QED) is 0.784. The zero-order valence-electron chi connectivity index (χ0n) is 12.9. The van der Waals surface area contributed by atoms with Gasteiger partial charge in [-0.2, -0.15) is 0 Å². The lowest BCUT2D eigenvalue weighted by Gasteiger charge is -2.35. The van der Waals surface area contributed by atoms with Gasteiger partial charge in [0.2, 0.25) is 0 Å². The number of Topliss-reactive ketones (excluding diaryl/α,β-unsaturated/α-hetero) is 1. The zero-order valence-corrected chi connectivity index (χ0v) is 12.9. The summed E-state index contributed by atoms with van der Waals surface area (Å²) < 4.78 is 11.1. The molecule has 1 fully saturated rings. The molecule has 0 spiro atoms. The van der Waals surface area contributed by atoms with E-state index in [2.05, 4.69) is 0 Å². The Bertz CT molecular complexity index is 499. The van der Waals surface area contributed by atoms with E-state index in [4.69, 9.17) is 9.47 Å². The molecule has 1 saturated carbocycles. The Labute approximate surface area is 121 Å². The topological polar surface area (TPSA) is 35.5 Å². The number of aryl methyl sites for hydroxylation is 1. The number of rotatable bonds is 4. The number of carbonyl (C=O) groups excluding carboxylic acids is 1. The van der Waals surface area contributed by atoms with Gasteiger partial charge in [0.1, 0.15) is 11.4 Å². The van der Waals surface area contributed by atoms with E-state index >= 15 is 0 Å². The number of ether oxygens (including phenoxy) is 2. The lowest BCUT2D eigenvalue weighted by atomic mass is 9.78. The molecule has 110 valence electrons. The monoisotopic (exact) mass is 276 g/mol. The van der Waals surface area contributed by atoms with Crippen molar-refractivity contribution < 1.29 is 14.3 Å². The maximum Gasteiger partial charge on any atom is 0.198 e. The van der Waals surface area contributed by atoms with Gasteiger partial charge in [-0.3, -0.25) is 4.79 Å². The number of hydrogen-bond acceptors (Lipinski definition) is 3. The van der Waals surface area contributed by atoms with Gasteiger partial charge in [0.05, 0.1) is 12.7 Å². The Morgan fingerprint density at radius 1 is 1.10 bits per heavy atom. The molecule has 0 radical (unpaired) electrons. The Hall–Kier alpha value is -1.35. The van der Waals surface area contributed by atoms with Gasteiger partial charge < -0.3 is 9.47 Å². The van der Waals surface area contributed by atoms with Gasteiger partial charge in [0.25, 0.3) is 0 Å². The van der Waals surface area contributed by atoms with Crippen molar-refractivity contribution in [2.24, 2.45) is 0 Å². The second-order valence-corrected chi connectivity index (χ2v) is 5.68. The second kappa shape index (κ2) is 5.96. The summed E-state index contributed by atoms with van der Waals surface area (Å²) in [5.74, 6) is 0.761. The van der Waals surface area contributed by atoms with Crippen LogP contribution in [0.5, 0.6) is 5.75 Å². The van der Waals surface area contributed by atoms with E-state index in [1.165, 1.54) is 6.42 Å². The fourth-order valence-electron chi connectivity index (χ4n) is 3.12. The maximum absolute atomic E-state index is 13.0. The molecule has 3 heteroatoms. The van der Waals surface area contributed by atoms with E-state index in [-0.39, 0.29) is 5.78 Å². The number of carbonyl (C=O) groups is 1. The third-order valence-corrected chi connectivity index (χ3v) is 4.59. The standard InChI is InChI=1S/C17H24O3/c1-12-8-9-14(15(19-3)13(12)2)16(18)17(20-4)10-6-5-7-11-17/h8-9H,5-7,10-11H2,1-4H3. The van der Waals surface area contributed by atoms with Gasteiger partial charge in [0, 0.05) is 7.11 Å². The average molecular weight is 276 g/mol. The van der Waals surface area contributed by atoms with Crippen LogP contribution in [0.15, 0.2) is 12.1 Å². The fraction of sp³-hybridized carbons (Fsp3) is 0.588. The largest absolute Gasteiger partial charge is 0.496 e. The van der Waals surface area contributed by atoms with E-state index in [1.54, 1.807) is 14.2 Å². The van der Waals surface area contributed by atoms with Gasteiger partial charge in [0.15, 0.2) is 5.78 Å². The first-order valence-corrected chi connectivity index (χ1v) is 7.30. The minimum Gasteiger partial charge on any atom is -0.496 e. The lowest BCUT2D eigenvalue weighted by molar-refractivity contribution is -0.0195. The predicted octanol–water partition coefficient (Wildman–Crippen LogP) is 3.84. The van der Waals surface area contributed by atoms with Crippen molar-refractivity contribution in [2.75, 3.05) is 14.2 Å². The van der Waals surface area contributed by atoms with Crippen molar-refractivity contribution in [3.8, 4) is 5.75 Å². The van der Waals surface area contributed by atoms with E-state index < -0.39 is 5.60 Å². The van der Waals surface area contributed by atoms with Crippen LogP contribution in [0.4, 0.5) is 0 Å². The molecule has 0 saturated heterocycles. The molecule has 3 nitrogen and oxygen atoms in total. The Morgan fingerprint density at radius 3 is 2.30 bits per heavy atom. The van der Waals surface area contributed by atoms with Gasteiger partial charge in [-0.1, -0.05) is 25.3 Å². The van der Waals surface area contributed by atoms with Gasteiger partial charge in [-0.25, -0.2) is 0 Å². The first-order valence-electron chi connectivity index (χ1n) is 7.30. The summed E-state index contributed by atoms with van der Waals surface area (Å²) in [6.07, 6.45) is 4.89. The van der Waals surface area contributed by atoms with Gasteiger partial charge >= 0.3 is 0 Å².